The highest BCUT2D eigenvalue weighted by atomic mass is 35.5. The van der Waals surface area contributed by atoms with E-state index in [1.54, 1.807) is 42.5 Å². The fourth-order valence-corrected chi connectivity index (χ4v) is 8.52. The molecule has 7 rings (SSSR count). The van der Waals surface area contributed by atoms with Gasteiger partial charge in [0.05, 0.1) is 34.5 Å². The Labute approximate surface area is 261 Å². The van der Waals surface area contributed by atoms with Crippen molar-refractivity contribution in [2.75, 3.05) is 9.80 Å². The number of anilines is 2. The van der Waals surface area contributed by atoms with Crippen molar-refractivity contribution < 1.29 is 24.3 Å². The maximum atomic E-state index is 14.5. The molecule has 224 valence electrons. The summed E-state index contributed by atoms with van der Waals surface area (Å²) in [6.45, 7) is 7.37. The first-order chi connectivity index (χ1) is 20.9. The fourth-order valence-electron chi connectivity index (χ4n) is 8.35. The minimum atomic E-state index is -1.13. The number of hydrogen-bond donors (Lipinski definition) is 1. The summed E-state index contributed by atoms with van der Waals surface area (Å²) in [5.41, 5.74) is 3.73. The van der Waals surface area contributed by atoms with Gasteiger partial charge in [-0.2, -0.15) is 0 Å². The van der Waals surface area contributed by atoms with Crippen molar-refractivity contribution in [3.8, 4) is 5.75 Å². The number of imide groups is 2. The quantitative estimate of drug-likeness (QED) is 0.274. The van der Waals surface area contributed by atoms with Crippen LogP contribution in [0.4, 0.5) is 11.4 Å². The minimum Gasteiger partial charge on any atom is -0.507 e. The first-order valence-electron chi connectivity index (χ1n) is 15.0. The Balaban J connectivity index is 1.38. The van der Waals surface area contributed by atoms with E-state index in [1.807, 2.05) is 52.0 Å². The minimum absolute atomic E-state index is 0.184. The Bertz CT molecular complexity index is 1790. The smallest absolute Gasteiger partial charge is 0.241 e. The molecule has 6 unspecified atom stereocenters. The van der Waals surface area contributed by atoms with Crippen LogP contribution in [-0.4, -0.2) is 28.7 Å². The van der Waals surface area contributed by atoms with Crippen molar-refractivity contribution in [1.82, 2.24) is 0 Å². The molecular formula is C36H33ClN2O5. The van der Waals surface area contributed by atoms with E-state index < -0.39 is 35.0 Å². The number of hydrogen-bond acceptors (Lipinski definition) is 5. The van der Waals surface area contributed by atoms with Gasteiger partial charge in [0.2, 0.25) is 23.6 Å². The lowest BCUT2D eigenvalue weighted by Gasteiger charge is -2.49. The summed E-state index contributed by atoms with van der Waals surface area (Å²) in [5, 5.41) is 11.1. The molecule has 0 aromatic heterocycles. The average molecular weight is 609 g/mol. The summed E-state index contributed by atoms with van der Waals surface area (Å²) in [7, 11) is 0. The van der Waals surface area contributed by atoms with Crippen molar-refractivity contribution in [3.05, 3.63) is 99.6 Å². The van der Waals surface area contributed by atoms with E-state index in [4.69, 9.17) is 11.6 Å². The van der Waals surface area contributed by atoms with E-state index in [-0.39, 0.29) is 35.8 Å². The van der Waals surface area contributed by atoms with Crippen molar-refractivity contribution in [2.24, 2.45) is 29.1 Å². The molecule has 2 heterocycles. The molecule has 1 saturated carbocycles. The van der Waals surface area contributed by atoms with E-state index >= 15 is 0 Å². The highest BCUT2D eigenvalue weighted by Crippen LogP contribution is 2.64. The Kier molecular flexibility index (Phi) is 6.42. The second-order valence-corrected chi connectivity index (χ2v) is 13.4. The van der Waals surface area contributed by atoms with Gasteiger partial charge in [-0.25, -0.2) is 9.80 Å². The van der Waals surface area contributed by atoms with E-state index in [0.717, 1.165) is 16.7 Å². The van der Waals surface area contributed by atoms with Crippen LogP contribution in [0.15, 0.2) is 72.3 Å². The molecule has 4 amide bonds. The van der Waals surface area contributed by atoms with Gasteiger partial charge in [-0.1, -0.05) is 59.6 Å². The SMILES string of the molecule is Cc1ccc(N2C(=O)C3CC=C4C(CC5C(=O)N(c6ccccc6)C(=O)C5(C)C4c4cc(C)c(O)c(C)c4)C3C2=O)cc1Cl. The maximum Gasteiger partial charge on any atom is 0.241 e. The van der Waals surface area contributed by atoms with Gasteiger partial charge in [0.25, 0.3) is 0 Å². The van der Waals surface area contributed by atoms with Crippen LogP contribution in [0.25, 0.3) is 0 Å². The zero-order valence-electron chi connectivity index (χ0n) is 25.0. The molecule has 2 saturated heterocycles. The van der Waals surface area contributed by atoms with Crippen LogP contribution in [-0.2, 0) is 19.2 Å². The first kappa shape index (κ1) is 28.5. The lowest BCUT2D eigenvalue weighted by Crippen LogP contribution is -2.49. The molecule has 2 aliphatic carbocycles. The van der Waals surface area contributed by atoms with Crippen LogP contribution in [0, 0.1) is 49.9 Å². The Morgan fingerprint density at radius 3 is 2.14 bits per heavy atom. The van der Waals surface area contributed by atoms with Crippen molar-refractivity contribution >= 4 is 46.6 Å². The summed E-state index contributed by atoms with van der Waals surface area (Å²) in [4.78, 5) is 59.4. The number of amides is 4. The normalized spacial score (nSPS) is 29.5. The summed E-state index contributed by atoms with van der Waals surface area (Å²) in [6, 6.07) is 17.9. The highest BCUT2D eigenvalue weighted by Gasteiger charge is 2.67. The number of phenols is 1. The average Bonchev–Trinajstić information content (AvgIpc) is 3.37. The number of allylic oxidation sites excluding steroid dienone is 2. The van der Waals surface area contributed by atoms with Crippen LogP contribution < -0.4 is 9.80 Å². The second kappa shape index (κ2) is 9.89. The van der Waals surface area contributed by atoms with Gasteiger partial charge in [0.1, 0.15) is 5.75 Å². The predicted molar refractivity (Wildman–Crippen MR) is 167 cm³/mol. The molecule has 44 heavy (non-hydrogen) atoms. The zero-order valence-corrected chi connectivity index (χ0v) is 25.8. The second-order valence-electron chi connectivity index (χ2n) is 12.9. The van der Waals surface area contributed by atoms with Crippen LogP contribution in [0.5, 0.6) is 5.75 Å². The van der Waals surface area contributed by atoms with E-state index in [1.165, 1.54) is 9.80 Å². The number of rotatable bonds is 3. The first-order valence-corrected chi connectivity index (χ1v) is 15.4. The molecular weight excluding hydrogens is 576 g/mol. The molecule has 7 nitrogen and oxygen atoms in total. The maximum absolute atomic E-state index is 14.5. The number of carbonyl (C=O) groups is 4. The molecule has 0 spiro atoms. The van der Waals surface area contributed by atoms with Gasteiger partial charge < -0.3 is 5.11 Å². The van der Waals surface area contributed by atoms with E-state index in [9.17, 15) is 24.3 Å². The molecule has 4 aliphatic rings. The summed E-state index contributed by atoms with van der Waals surface area (Å²) < 4.78 is 0. The van der Waals surface area contributed by atoms with Crippen molar-refractivity contribution in [2.45, 2.75) is 46.5 Å². The molecule has 1 N–H and O–H groups in total. The Morgan fingerprint density at radius 1 is 0.795 bits per heavy atom. The van der Waals surface area contributed by atoms with E-state index in [2.05, 4.69) is 0 Å². The topological polar surface area (TPSA) is 95.0 Å². The number of nitrogens with zero attached hydrogens (tertiary/aromatic N) is 2. The summed E-state index contributed by atoms with van der Waals surface area (Å²) >= 11 is 6.39. The number of phenolic OH excluding ortho intramolecular Hbond substituents is 1. The third-order valence-corrected chi connectivity index (χ3v) is 11.0. The fraction of sp³-hybridized carbons (Fsp3) is 0.333. The Morgan fingerprint density at radius 2 is 1.48 bits per heavy atom. The van der Waals surface area contributed by atoms with Crippen LogP contribution in [0.2, 0.25) is 5.02 Å². The van der Waals surface area contributed by atoms with Crippen molar-refractivity contribution in [1.29, 1.82) is 0 Å². The Hall–Kier alpha value is -4.23. The number of aromatic hydroxyl groups is 1. The molecule has 0 radical (unpaired) electrons. The molecule has 3 aromatic rings. The monoisotopic (exact) mass is 608 g/mol. The van der Waals surface area contributed by atoms with Gasteiger partial charge >= 0.3 is 0 Å². The number of halogens is 1. The van der Waals surface area contributed by atoms with Crippen LogP contribution >= 0.6 is 11.6 Å². The molecule has 6 atom stereocenters. The van der Waals surface area contributed by atoms with Gasteiger partial charge in [-0.3, -0.25) is 19.2 Å². The molecule has 2 aliphatic heterocycles. The van der Waals surface area contributed by atoms with Gasteiger partial charge in [-0.15, -0.1) is 0 Å². The molecule has 8 heteroatoms. The zero-order chi connectivity index (χ0) is 31.2. The van der Waals surface area contributed by atoms with E-state index in [0.29, 0.717) is 33.9 Å². The van der Waals surface area contributed by atoms with Crippen LogP contribution in [0.3, 0.4) is 0 Å². The number of para-hydroxylation sites is 1. The lowest BCUT2D eigenvalue weighted by molar-refractivity contribution is -0.131. The lowest BCUT2D eigenvalue weighted by atomic mass is 9.51. The van der Waals surface area contributed by atoms with Gasteiger partial charge in [-0.05, 0) is 93.0 Å². The summed E-state index contributed by atoms with van der Waals surface area (Å²) in [5.74, 6) is -3.83. The number of carbonyl (C=O) groups excluding carboxylic acids is 4. The highest BCUT2D eigenvalue weighted by molar-refractivity contribution is 6.32. The van der Waals surface area contributed by atoms with Gasteiger partial charge in [0.15, 0.2) is 0 Å². The van der Waals surface area contributed by atoms with Crippen LogP contribution in [0.1, 0.15) is 47.9 Å². The number of fused-ring (bicyclic) bond motifs is 4. The largest absolute Gasteiger partial charge is 0.507 e. The third kappa shape index (κ3) is 3.81. The third-order valence-electron chi connectivity index (χ3n) is 10.5. The number of aryl methyl sites for hydroxylation is 3. The van der Waals surface area contributed by atoms with Crippen molar-refractivity contribution in [3.63, 3.8) is 0 Å². The molecule has 0 bridgehead atoms. The predicted octanol–water partition coefficient (Wildman–Crippen LogP) is 6.41. The van der Waals surface area contributed by atoms with Gasteiger partial charge in [0, 0.05) is 10.9 Å². The standard InChI is InChI=1S/C36H33ClN2O5/c1-18-10-11-23(16-28(18)37)38-32(41)25-13-12-24-26(29(25)34(38)43)17-27-33(42)39(22-8-6-5-7-9-22)35(44)36(27,4)30(24)21-14-19(2)31(40)20(3)15-21/h5-12,14-16,25-27,29-30,40H,13,17H2,1-4H3. The number of benzene rings is 3. The molecule has 3 fully saturated rings. The molecule has 3 aromatic carbocycles. The summed E-state index contributed by atoms with van der Waals surface area (Å²) in [6.07, 6.45) is 2.68.